The molecule has 0 aromatic heterocycles. The van der Waals surface area contributed by atoms with E-state index in [2.05, 4.69) is 22.5 Å². The van der Waals surface area contributed by atoms with Gasteiger partial charge < -0.3 is 10.6 Å². The third-order valence-electron chi connectivity index (χ3n) is 4.38. The van der Waals surface area contributed by atoms with Crippen LogP contribution in [0, 0.1) is 17.8 Å². The van der Waals surface area contributed by atoms with Crippen molar-refractivity contribution >= 4 is 17.8 Å². The summed E-state index contributed by atoms with van der Waals surface area (Å²) < 4.78 is 0. The van der Waals surface area contributed by atoms with Crippen LogP contribution in [0.2, 0.25) is 0 Å². The van der Waals surface area contributed by atoms with Gasteiger partial charge in [-0.25, -0.2) is 4.79 Å². The number of nitrogens with one attached hydrogen (secondary N) is 2. The second kappa shape index (κ2) is 6.36. The number of imide groups is 1. The van der Waals surface area contributed by atoms with Crippen LogP contribution in [0.15, 0.2) is 30.3 Å². The van der Waals surface area contributed by atoms with E-state index in [1.165, 1.54) is 0 Å². The van der Waals surface area contributed by atoms with Crippen LogP contribution in [0.25, 0.3) is 0 Å². The number of benzene rings is 1. The highest BCUT2D eigenvalue weighted by atomic mass is 16.2. The monoisotopic (exact) mass is 325 g/mol. The highest BCUT2D eigenvalue weighted by molar-refractivity contribution is 6.09. The van der Waals surface area contributed by atoms with Gasteiger partial charge in [-0.15, -0.1) is 0 Å². The third-order valence-corrected chi connectivity index (χ3v) is 4.38. The smallest absolute Gasteiger partial charge is 0.325 e. The molecule has 1 heterocycles. The molecule has 1 aromatic rings. The van der Waals surface area contributed by atoms with Crippen LogP contribution in [0.4, 0.5) is 4.79 Å². The SMILES string of the molecule is CC1(C2CC2)NC(=O)N(CC(=O)NCC#Cc2ccccc2)C1=O. The van der Waals surface area contributed by atoms with Crippen molar-refractivity contribution in [3.8, 4) is 11.8 Å². The number of rotatable bonds is 4. The number of urea groups is 1. The molecule has 1 aromatic carbocycles. The fourth-order valence-corrected chi connectivity index (χ4v) is 2.81. The van der Waals surface area contributed by atoms with Crippen molar-refractivity contribution in [1.29, 1.82) is 0 Å². The van der Waals surface area contributed by atoms with Crippen molar-refractivity contribution in [3.05, 3.63) is 35.9 Å². The Morgan fingerprint density at radius 2 is 2.04 bits per heavy atom. The van der Waals surface area contributed by atoms with Crippen LogP contribution in [0.3, 0.4) is 0 Å². The molecule has 1 aliphatic heterocycles. The lowest BCUT2D eigenvalue weighted by atomic mass is 9.96. The zero-order chi connectivity index (χ0) is 17.2. The Balaban J connectivity index is 1.51. The molecule has 0 bridgehead atoms. The van der Waals surface area contributed by atoms with Crippen molar-refractivity contribution < 1.29 is 14.4 Å². The predicted octanol–water partition coefficient (Wildman–Crippen LogP) is 0.875. The van der Waals surface area contributed by atoms with Gasteiger partial charge in [-0.05, 0) is 37.8 Å². The molecule has 1 aliphatic carbocycles. The van der Waals surface area contributed by atoms with Gasteiger partial charge in [0.1, 0.15) is 12.1 Å². The van der Waals surface area contributed by atoms with Crippen LogP contribution in [0.1, 0.15) is 25.3 Å². The van der Waals surface area contributed by atoms with Crippen molar-refractivity contribution in [2.45, 2.75) is 25.3 Å². The maximum atomic E-state index is 12.4. The summed E-state index contributed by atoms with van der Waals surface area (Å²) in [7, 11) is 0. The van der Waals surface area contributed by atoms with Gasteiger partial charge >= 0.3 is 6.03 Å². The summed E-state index contributed by atoms with van der Waals surface area (Å²) in [4.78, 5) is 37.3. The average molecular weight is 325 g/mol. The Labute approximate surface area is 140 Å². The number of amides is 4. The molecule has 2 fully saturated rings. The number of carbonyl (C=O) groups excluding carboxylic acids is 3. The van der Waals surface area contributed by atoms with Crippen LogP contribution in [0.5, 0.6) is 0 Å². The van der Waals surface area contributed by atoms with Crippen molar-refractivity contribution in [2.75, 3.05) is 13.1 Å². The van der Waals surface area contributed by atoms with Gasteiger partial charge in [0.05, 0.1) is 6.54 Å². The number of hydrogen-bond acceptors (Lipinski definition) is 3. The molecule has 124 valence electrons. The second-order valence-electron chi connectivity index (χ2n) is 6.24. The molecule has 0 spiro atoms. The van der Waals surface area contributed by atoms with Crippen LogP contribution >= 0.6 is 0 Å². The molecule has 6 heteroatoms. The molecule has 2 N–H and O–H groups in total. The topological polar surface area (TPSA) is 78.5 Å². The highest BCUT2D eigenvalue weighted by Crippen LogP contribution is 2.42. The third kappa shape index (κ3) is 3.25. The molecular formula is C18H19N3O3. The van der Waals surface area contributed by atoms with Crippen molar-refractivity contribution in [2.24, 2.45) is 5.92 Å². The van der Waals surface area contributed by atoms with Crippen LogP contribution in [-0.2, 0) is 9.59 Å². The Hall–Kier alpha value is -2.81. The fraction of sp³-hybridized carbons (Fsp3) is 0.389. The van der Waals surface area contributed by atoms with Gasteiger partial charge in [-0.1, -0.05) is 30.0 Å². The quantitative estimate of drug-likeness (QED) is 0.637. The van der Waals surface area contributed by atoms with Crippen molar-refractivity contribution in [3.63, 3.8) is 0 Å². The zero-order valence-corrected chi connectivity index (χ0v) is 13.5. The van der Waals surface area contributed by atoms with E-state index < -0.39 is 17.5 Å². The van der Waals surface area contributed by atoms with Crippen LogP contribution in [-0.4, -0.2) is 41.4 Å². The minimum absolute atomic E-state index is 0.164. The van der Waals surface area contributed by atoms with Crippen molar-refractivity contribution in [1.82, 2.24) is 15.5 Å². The molecule has 1 saturated carbocycles. The standard InChI is InChI=1S/C18H19N3O3/c1-18(14-9-10-14)16(23)21(17(24)20-18)12-15(22)19-11-5-8-13-6-3-2-4-7-13/h2-4,6-7,14H,9-12H2,1H3,(H,19,22)(H,20,24). The molecular weight excluding hydrogens is 306 g/mol. The number of nitrogens with zero attached hydrogens (tertiary/aromatic N) is 1. The first-order chi connectivity index (χ1) is 11.5. The normalized spacial score (nSPS) is 22.6. The Bertz CT molecular complexity index is 731. The molecule has 6 nitrogen and oxygen atoms in total. The Morgan fingerprint density at radius 1 is 1.33 bits per heavy atom. The Morgan fingerprint density at radius 3 is 2.71 bits per heavy atom. The molecule has 0 radical (unpaired) electrons. The van der Waals surface area contributed by atoms with E-state index in [1.54, 1.807) is 6.92 Å². The van der Waals surface area contributed by atoms with E-state index in [4.69, 9.17) is 0 Å². The summed E-state index contributed by atoms with van der Waals surface area (Å²) in [6, 6.07) is 8.93. The van der Waals surface area contributed by atoms with Gasteiger partial charge in [0.25, 0.3) is 5.91 Å². The minimum atomic E-state index is -0.857. The summed E-state index contributed by atoms with van der Waals surface area (Å²) in [5.41, 5.74) is 0.00541. The molecule has 1 saturated heterocycles. The largest absolute Gasteiger partial charge is 0.344 e. The predicted molar refractivity (Wildman–Crippen MR) is 87.7 cm³/mol. The molecule has 24 heavy (non-hydrogen) atoms. The number of hydrogen-bond donors (Lipinski definition) is 2. The highest BCUT2D eigenvalue weighted by Gasteiger charge is 2.56. The van der Waals surface area contributed by atoms with E-state index in [0.29, 0.717) is 0 Å². The van der Waals surface area contributed by atoms with Gasteiger partial charge in [-0.2, -0.15) is 0 Å². The maximum Gasteiger partial charge on any atom is 0.325 e. The molecule has 1 atom stereocenters. The maximum absolute atomic E-state index is 12.4. The molecule has 1 unspecified atom stereocenters. The van der Waals surface area contributed by atoms with E-state index >= 15 is 0 Å². The van der Waals surface area contributed by atoms with E-state index in [1.807, 2.05) is 30.3 Å². The first-order valence-corrected chi connectivity index (χ1v) is 7.95. The minimum Gasteiger partial charge on any atom is -0.344 e. The van der Waals surface area contributed by atoms with E-state index in [0.717, 1.165) is 23.3 Å². The number of carbonyl (C=O) groups is 3. The first kappa shape index (κ1) is 16.1. The second-order valence-corrected chi connectivity index (χ2v) is 6.24. The molecule has 2 aliphatic rings. The van der Waals surface area contributed by atoms with Gasteiger partial charge in [0.15, 0.2) is 0 Å². The van der Waals surface area contributed by atoms with E-state index in [9.17, 15) is 14.4 Å². The lowest BCUT2D eigenvalue weighted by Gasteiger charge is -2.20. The molecule has 3 rings (SSSR count). The fourth-order valence-electron chi connectivity index (χ4n) is 2.81. The van der Waals surface area contributed by atoms with Crippen LogP contribution < -0.4 is 10.6 Å². The first-order valence-electron chi connectivity index (χ1n) is 7.95. The van der Waals surface area contributed by atoms with Gasteiger partial charge in [0.2, 0.25) is 5.91 Å². The zero-order valence-electron chi connectivity index (χ0n) is 13.5. The lowest BCUT2D eigenvalue weighted by molar-refractivity contribution is -0.135. The summed E-state index contributed by atoms with van der Waals surface area (Å²) in [6.07, 6.45) is 1.86. The van der Waals surface area contributed by atoms with E-state index in [-0.39, 0.29) is 24.9 Å². The average Bonchev–Trinajstić information content (AvgIpc) is 3.39. The Kier molecular flexibility index (Phi) is 4.26. The summed E-state index contributed by atoms with van der Waals surface area (Å²) >= 11 is 0. The molecule has 4 amide bonds. The van der Waals surface area contributed by atoms with Gasteiger partial charge in [-0.3, -0.25) is 14.5 Å². The summed E-state index contributed by atoms with van der Waals surface area (Å²) in [6.45, 7) is 1.62. The van der Waals surface area contributed by atoms with Gasteiger partial charge in [0, 0.05) is 5.56 Å². The summed E-state index contributed by atoms with van der Waals surface area (Å²) in [5.74, 6) is 5.22. The lowest BCUT2D eigenvalue weighted by Crippen LogP contribution is -2.47. The summed E-state index contributed by atoms with van der Waals surface area (Å²) in [5, 5.41) is 5.32.